The third-order valence-electron chi connectivity index (χ3n) is 4.69. The topological polar surface area (TPSA) is 183 Å². The molecule has 0 bridgehead atoms. The van der Waals surface area contributed by atoms with Gasteiger partial charge >= 0.3 is 6.09 Å². The number of methoxy groups -OCH3 is 1. The summed E-state index contributed by atoms with van der Waals surface area (Å²) >= 11 is 0. The molecule has 12 heteroatoms. The molecule has 0 saturated heterocycles. The lowest BCUT2D eigenvalue weighted by Gasteiger charge is -2.18. The first kappa shape index (κ1) is 26.1. The number of benzene rings is 2. The van der Waals surface area contributed by atoms with Crippen LogP contribution in [0.15, 0.2) is 48.5 Å². The van der Waals surface area contributed by atoms with Crippen LogP contribution < -0.4 is 21.1 Å². The molecule has 0 aromatic heterocycles. The Morgan fingerprint density at radius 3 is 2.50 bits per heavy atom. The van der Waals surface area contributed by atoms with Gasteiger partial charge in [-0.3, -0.25) is 19.7 Å². The van der Waals surface area contributed by atoms with E-state index in [-0.39, 0.29) is 31.0 Å². The van der Waals surface area contributed by atoms with Crippen molar-refractivity contribution in [1.82, 2.24) is 10.6 Å². The van der Waals surface area contributed by atoms with E-state index in [1.807, 2.05) is 6.07 Å². The molecule has 2 rings (SSSR count). The van der Waals surface area contributed by atoms with Crippen LogP contribution in [-0.2, 0) is 27.4 Å². The highest BCUT2D eigenvalue weighted by atomic mass is 16.6. The molecule has 0 fully saturated rings. The van der Waals surface area contributed by atoms with Crippen molar-refractivity contribution in [3.8, 4) is 5.75 Å². The van der Waals surface area contributed by atoms with E-state index in [0.29, 0.717) is 5.56 Å². The van der Waals surface area contributed by atoms with Gasteiger partial charge in [0.1, 0.15) is 18.4 Å². The minimum absolute atomic E-state index is 0.0463. The molecule has 0 heterocycles. The van der Waals surface area contributed by atoms with Crippen LogP contribution in [0.5, 0.6) is 5.75 Å². The molecule has 2 aromatic carbocycles. The molecule has 0 aliphatic rings. The molecule has 2 atom stereocenters. The number of nitrogens with one attached hydrogen (secondary N) is 2. The van der Waals surface area contributed by atoms with Gasteiger partial charge in [-0.2, -0.15) is 0 Å². The normalized spacial score (nSPS) is 12.2. The Kier molecular flexibility index (Phi) is 9.77. The van der Waals surface area contributed by atoms with E-state index in [1.54, 1.807) is 24.3 Å². The molecule has 0 aliphatic heterocycles. The van der Waals surface area contributed by atoms with Crippen LogP contribution in [-0.4, -0.2) is 53.7 Å². The molecule has 5 N–H and O–H groups in total. The van der Waals surface area contributed by atoms with Crippen LogP contribution in [0.2, 0.25) is 0 Å². The molecule has 0 spiro atoms. The molecular formula is C22H26N4O8. The number of nitro benzene ring substituents is 1. The van der Waals surface area contributed by atoms with E-state index >= 15 is 0 Å². The maximum absolute atomic E-state index is 12.3. The lowest BCUT2D eigenvalue weighted by Crippen LogP contribution is -2.47. The van der Waals surface area contributed by atoms with Crippen molar-refractivity contribution < 1.29 is 33.9 Å². The SMILES string of the molecule is COc1ccc([N+](=O)[O-])cc1C[C@H](NC(=O)C[C@@H](O)CNC(=O)OCc1ccccc1)C(N)=O. The number of nitrogens with zero attached hydrogens (tertiary/aromatic N) is 1. The molecule has 12 nitrogen and oxygen atoms in total. The third kappa shape index (κ3) is 8.39. The van der Waals surface area contributed by atoms with Crippen LogP contribution in [0, 0.1) is 10.1 Å². The summed E-state index contributed by atoms with van der Waals surface area (Å²) in [7, 11) is 1.36. The highest BCUT2D eigenvalue weighted by Crippen LogP contribution is 2.25. The summed E-state index contributed by atoms with van der Waals surface area (Å²) in [5, 5.41) is 25.8. The molecule has 0 saturated carbocycles. The van der Waals surface area contributed by atoms with Gasteiger partial charge in [0.25, 0.3) is 5.69 Å². The Morgan fingerprint density at radius 2 is 1.88 bits per heavy atom. The van der Waals surface area contributed by atoms with E-state index in [4.69, 9.17) is 15.2 Å². The first-order valence-corrected chi connectivity index (χ1v) is 10.2. The van der Waals surface area contributed by atoms with E-state index in [0.717, 1.165) is 5.56 Å². The largest absolute Gasteiger partial charge is 0.496 e. The zero-order valence-corrected chi connectivity index (χ0v) is 18.4. The van der Waals surface area contributed by atoms with Crippen molar-refractivity contribution in [2.75, 3.05) is 13.7 Å². The molecule has 0 unspecified atom stereocenters. The summed E-state index contributed by atoms with van der Waals surface area (Å²) in [6.07, 6.45) is -2.62. The van der Waals surface area contributed by atoms with Gasteiger partial charge in [-0.1, -0.05) is 30.3 Å². The Morgan fingerprint density at radius 1 is 1.18 bits per heavy atom. The van der Waals surface area contributed by atoms with Crippen LogP contribution in [0.25, 0.3) is 0 Å². The second-order valence-electron chi connectivity index (χ2n) is 7.28. The highest BCUT2D eigenvalue weighted by Gasteiger charge is 2.23. The van der Waals surface area contributed by atoms with E-state index in [1.165, 1.54) is 25.3 Å². The number of non-ortho nitro benzene ring substituents is 1. The standard InChI is InChI=1S/C22H26N4O8/c1-33-19-8-7-16(26(31)32)9-15(19)10-18(21(23)29)25-20(28)11-17(27)12-24-22(30)34-13-14-5-3-2-4-6-14/h2-9,17-18,27H,10-13H2,1H3,(H2,23,29)(H,24,30)(H,25,28)/t17-,18+/m1/s1. The number of hydrogen-bond acceptors (Lipinski definition) is 8. The molecule has 2 aromatic rings. The van der Waals surface area contributed by atoms with Crippen molar-refractivity contribution in [2.24, 2.45) is 5.73 Å². The van der Waals surface area contributed by atoms with Gasteiger partial charge in [-0.15, -0.1) is 0 Å². The minimum Gasteiger partial charge on any atom is -0.496 e. The number of carbonyl (C=O) groups is 3. The van der Waals surface area contributed by atoms with E-state index in [2.05, 4.69) is 10.6 Å². The van der Waals surface area contributed by atoms with Crippen molar-refractivity contribution in [1.29, 1.82) is 0 Å². The van der Waals surface area contributed by atoms with E-state index < -0.39 is 41.4 Å². The number of aliphatic hydroxyl groups is 1. The molecule has 3 amide bonds. The molecule has 34 heavy (non-hydrogen) atoms. The molecular weight excluding hydrogens is 448 g/mol. The number of primary amides is 1. The average molecular weight is 474 g/mol. The van der Waals surface area contributed by atoms with Crippen LogP contribution in [0.3, 0.4) is 0 Å². The Bertz CT molecular complexity index is 1020. The van der Waals surface area contributed by atoms with Gasteiger partial charge in [0.05, 0.1) is 24.6 Å². The van der Waals surface area contributed by atoms with E-state index in [9.17, 15) is 29.6 Å². The van der Waals surface area contributed by atoms with Gasteiger partial charge < -0.3 is 30.9 Å². The summed E-state index contributed by atoms with van der Waals surface area (Å²) in [4.78, 5) is 46.3. The maximum Gasteiger partial charge on any atom is 0.407 e. The highest BCUT2D eigenvalue weighted by molar-refractivity contribution is 5.87. The number of aliphatic hydroxyl groups excluding tert-OH is 1. The molecule has 182 valence electrons. The lowest BCUT2D eigenvalue weighted by molar-refractivity contribution is -0.384. The van der Waals surface area contributed by atoms with Crippen LogP contribution >= 0.6 is 0 Å². The predicted molar refractivity (Wildman–Crippen MR) is 120 cm³/mol. The smallest absolute Gasteiger partial charge is 0.407 e. The van der Waals surface area contributed by atoms with Crippen molar-refractivity contribution in [3.63, 3.8) is 0 Å². The molecule has 0 radical (unpaired) electrons. The number of hydrogen-bond donors (Lipinski definition) is 4. The maximum atomic E-state index is 12.3. The fraction of sp³-hybridized carbons (Fsp3) is 0.318. The number of alkyl carbamates (subject to hydrolysis) is 1. The number of nitro groups is 1. The number of nitrogens with two attached hydrogens (primary N) is 1. The van der Waals surface area contributed by atoms with Gasteiger partial charge in [-0.05, 0) is 11.6 Å². The Labute approximate surface area is 195 Å². The number of carbonyl (C=O) groups excluding carboxylic acids is 3. The predicted octanol–water partition coefficient (Wildman–Crippen LogP) is 0.793. The molecule has 0 aliphatic carbocycles. The fourth-order valence-electron chi connectivity index (χ4n) is 3.00. The van der Waals surface area contributed by atoms with Gasteiger partial charge in [0, 0.05) is 30.7 Å². The zero-order valence-electron chi connectivity index (χ0n) is 18.4. The fourth-order valence-corrected chi connectivity index (χ4v) is 3.00. The van der Waals surface area contributed by atoms with Gasteiger partial charge in [0.15, 0.2) is 0 Å². The van der Waals surface area contributed by atoms with Crippen LogP contribution in [0.4, 0.5) is 10.5 Å². The average Bonchev–Trinajstić information content (AvgIpc) is 2.81. The quantitative estimate of drug-likeness (QED) is 0.257. The minimum atomic E-state index is -1.26. The van der Waals surface area contributed by atoms with Crippen molar-refractivity contribution >= 4 is 23.6 Å². The van der Waals surface area contributed by atoms with Crippen molar-refractivity contribution in [3.05, 3.63) is 69.8 Å². The summed E-state index contributed by atoms with van der Waals surface area (Å²) < 4.78 is 10.2. The first-order valence-electron chi connectivity index (χ1n) is 10.2. The van der Waals surface area contributed by atoms with Gasteiger partial charge in [-0.25, -0.2) is 4.79 Å². The van der Waals surface area contributed by atoms with Crippen LogP contribution in [0.1, 0.15) is 17.5 Å². The summed E-state index contributed by atoms with van der Waals surface area (Å²) in [6, 6.07) is 11.6. The summed E-state index contributed by atoms with van der Waals surface area (Å²) in [5.74, 6) is -1.30. The number of amides is 3. The summed E-state index contributed by atoms with van der Waals surface area (Å²) in [6.45, 7) is -0.217. The van der Waals surface area contributed by atoms with Crippen molar-refractivity contribution in [2.45, 2.75) is 31.6 Å². The summed E-state index contributed by atoms with van der Waals surface area (Å²) in [5.41, 5.74) is 6.23. The first-order chi connectivity index (χ1) is 16.2. The second-order valence-corrected chi connectivity index (χ2v) is 7.28. The Hall–Kier alpha value is -4.19. The number of ether oxygens (including phenoxy) is 2. The van der Waals surface area contributed by atoms with Gasteiger partial charge in [0.2, 0.25) is 11.8 Å². The second kappa shape index (κ2) is 12.7. The monoisotopic (exact) mass is 474 g/mol. The zero-order chi connectivity index (χ0) is 25.1. The number of rotatable bonds is 12. The third-order valence-corrected chi connectivity index (χ3v) is 4.69. The Balaban J connectivity index is 1.86. The lowest BCUT2D eigenvalue weighted by atomic mass is 10.0.